The van der Waals surface area contributed by atoms with Crippen molar-refractivity contribution in [2.75, 3.05) is 6.61 Å². The summed E-state index contributed by atoms with van der Waals surface area (Å²) >= 11 is 1.45. The zero-order valence-electron chi connectivity index (χ0n) is 18.9. The minimum atomic E-state index is -0.878. The number of hydrogen-bond donors (Lipinski definition) is 0. The van der Waals surface area contributed by atoms with E-state index in [-0.39, 0.29) is 6.61 Å². The second kappa shape index (κ2) is 13.1. The minimum absolute atomic E-state index is 0.124. The zero-order chi connectivity index (χ0) is 23.5. The molecule has 0 amide bonds. The van der Waals surface area contributed by atoms with Crippen molar-refractivity contribution < 1.29 is 33.3 Å². The largest absolute Gasteiger partial charge is 0.463 e. The molecule has 0 radical (unpaired) electrons. The van der Waals surface area contributed by atoms with E-state index in [1.54, 1.807) is 0 Å². The first-order valence-electron chi connectivity index (χ1n) is 10.7. The number of benzene rings is 1. The van der Waals surface area contributed by atoms with Gasteiger partial charge in [-0.2, -0.15) is 0 Å². The molecular weight excluding hydrogens is 432 g/mol. The van der Waals surface area contributed by atoms with Gasteiger partial charge in [0.15, 0.2) is 6.10 Å². The zero-order valence-corrected chi connectivity index (χ0v) is 19.7. The quantitative estimate of drug-likeness (QED) is 0.249. The second-order valence-corrected chi connectivity index (χ2v) is 8.58. The van der Waals surface area contributed by atoms with Crippen molar-refractivity contribution in [2.45, 2.75) is 82.0 Å². The summed E-state index contributed by atoms with van der Waals surface area (Å²) in [5.41, 5.74) is 0.463. The smallest absolute Gasteiger partial charge is 0.303 e. The Hall–Kier alpha value is -2.50. The number of unbranched alkanes of at least 4 members (excludes halogenated alkanes) is 2. The maximum Gasteiger partial charge on any atom is 0.303 e. The van der Waals surface area contributed by atoms with Crippen LogP contribution in [-0.4, -0.2) is 48.3 Å². The van der Waals surface area contributed by atoms with Gasteiger partial charge in [0.2, 0.25) is 0 Å². The van der Waals surface area contributed by atoms with Crippen LogP contribution in [0.4, 0.5) is 0 Å². The Morgan fingerprint density at radius 3 is 2.47 bits per heavy atom. The number of ether oxygens (including phenoxy) is 4. The molecule has 32 heavy (non-hydrogen) atoms. The molecule has 1 saturated heterocycles. The van der Waals surface area contributed by atoms with Gasteiger partial charge in [-0.25, -0.2) is 0 Å². The van der Waals surface area contributed by atoms with Crippen molar-refractivity contribution in [1.82, 2.24) is 0 Å². The molecule has 0 aromatic heterocycles. The van der Waals surface area contributed by atoms with E-state index < -0.39 is 41.7 Å². The van der Waals surface area contributed by atoms with Crippen molar-refractivity contribution in [1.29, 1.82) is 0 Å². The van der Waals surface area contributed by atoms with E-state index in [4.69, 9.17) is 18.9 Å². The Labute approximate surface area is 193 Å². The molecule has 8 heteroatoms. The normalized spacial score (nSPS) is 22.2. The summed E-state index contributed by atoms with van der Waals surface area (Å²) in [7, 11) is 0. The van der Waals surface area contributed by atoms with Gasteiger partial charge in [0.1, 0.15) is 24.3 Å². The molecule has 1 aromatic carbocycles. The van der Waals surface area contributed by atoms with Crippen molar-refractivity contribution in [3.63, 3.8) is 0 Å². The fourth-order valence-electron chi connectivity index (χ4n) is 3.21. The highest BCUT2D eigenvalue weighted by molar-refractivity contribution is 7.99. The molecule has 1 aliphatic rings. The van der Waals surface area contributed by atoms with Crippen molar-refractivity contribution in [2.24, 2.45) is 0 Å². The van der Waals surface area contributed by atoms with Crippen LogP contribution in [0, 0.1) is 11.8 Å². The van der Waals surface area contributed by atoms with Crippen molar-refractivity contribution >= 4 is 29.7 Å². The van der Waals surface area contributed by atoms with Gasteiger partial charge in [-0.3, -0.25) is 14.4 Å². The highest BCUT2D eigenvalue weighted by Crippen LogP contribution is 2.36. The molecule has 0 N–H and O–H groups in total. The molecule has 1 heterocycles. The first kappa shape index (κ1) is 25.8. The van der Waals surface area contributed by atoms with Crippen LogP contribution >= 0.6 is 11.8 Å². The van der Waals surface area contributed by atoms with Gasteiger partial charge in [-0.05, 0) is 18.6 Å². The Kier molecular flexibility index (Phi) is 10.6. The molecule has 1 aromatic rings. The first-order valence-corrected chi connectivity index (χ1v) is 11.6. The fourth-order valence-corrected chi connectivity index (χ4v) is 4.38. The molecule has 1 fully saturated rings. The van der Waals surface area contributed by atoms with Crippen LogP contribution in [-0.2, 0) is 33.3 Å². The summed E-state index contributed by atoms with van der Waals surface area (Å²) in [4.78, 5) is 35.6. The molecule has 174 valence electrons. The molecule has 0 bridgehead atoms. The Balaban J connectivity index is 2.24. The van der Waals surface area contributed by atoms with Crippen molar-refractivity contribution in [3.05, 3.63) is 29.8 Å². The summed E-state index contributed by atoms with van der Waals surface area (Å²) in [5, 5.41) is 0. The fraction of sp³-hybridized carbons (Fsp3) is 0.542. The van der Waals surface area contributed by atoms with Crippen LogP contribution in [0.1, 0.15) is 58.9 Å². The molecule has 0 spiro atoms. The summed E-state index contributed by atoms with van der Waals surface area (Å²) in [5.74, 6) is 4.90. The molecule has 0 saturated carbocycles. The molecule has 4 atom stereocenters. The molecule has 7 nitrogen and oxygen atoms in total. The molecule has 0 aliphatic carbocycles. The summed E-state index contributed by atoms with van der Waals surface area (Å²) in [6.07, 6.45) is 0.887. The average Bonchev–Trinajstić information content (AvgIpc) is 2.72. The Bertz CT molecular complexity index is 857. The Morgan fingerprint density at radius 1 is 1.09 bits per heavy atom. The van der Waals surface area contributed by atoms with E-state index in [9.17, 15) is 14.4 Å². The van der Waals surface area contributed by atoms with Gasteiger partial charge < -0.3 is 18.9 Å². The predicted molar refractivity (Wildman–Crippen MR) is 120 cm³/mol. The predicted octanol–water partition coefficient (Wildman–Crippen LogP) is 3.86. The summed E-state index contributed by atoms with van der Waals surface area (Å²) < 4.78 is 22.1. The number of rotatable bonds is 8. The van der Waals surface area contributed by atoms with Gasteiger partial charge in [0, 0.05) is 44.1 Å². The van der Waals surface area contributed by atoms with E-state index in [1.807, 2.05) is 24.3 Å². The number of thioether (sulfide) groups is 1. The van der Waals surface area contributed by atoms with E-state index in [1.165, 1.54) is 32.5 Å². The van der Waals surface area contributed by atoms with Gasteiger partial charge >= 0.3 is 17.9 Å². The van der Waals surface area contributed by atoms with Crippen LogP contribution < -0.4 is 0 Å². The third kappa shape index (κ3) is 8.56. The molecule has 1 unspecified atom stereocenters. The number of esters is 3. The van der Waals surface area contributed by atoms with E-state index in [0.29, 0.717) is 6.42 Å². The van der Waals surface area contributed by atoms with E-state index >= 15 is 0 Å². The third-order valence-corrected chi connectivity index (χ3v) is 5.75. The van der Waals surface area contributed by atoms with Crippen LogP contribution in [0.5, 0.6) is 0 Å². The summed E-state index contributed by atoms with van der Waals surface area (Å²) in [6.45, 7) is 5.85. The second-order valence-electron chi connectivity index (χ2n) is 7.38. The Morgan fingerprint density at radius 2 is 1.81 bits per heavy atom. The molecule has 2 rings (SSSR count). The van der Waals surface area contributed by atoms with Gasteiger partial charge in [-0.1, -0.05) is 49.1 Å². The minimum Gasteiger partial charge on any atom is -0.463 e. The topological polar surface area (TPSA) is 88.1 Å². The highest BCUT2D eigenvalue weighted by Gasteiger charge is 2.44. The lowest BCUT2D eigenvalue weighted by molar-refractivity contribution is -0.204. The highest BCUT2D eigenvalue weighted by atomic mass is 32.2. The van der Waals surface area contributed by atoms with Gasteiger partial charge in [0.05, 0.1) is 0 Å². The maximum absolute atomic E-state index is 11.7. The number of carbonyl (C=O) groups is 3. The van der Waals surface area contributed by atoms with Crippen LogP contribution in [0.3, 0.4) is 0 Å². The van der Waals surface area contributed by atoms with E-state index in [0.717, 1.165) is 29.7 Å². The first-order chi connectivity index (χ1) is 15.3. The van der Waals surface area contributed by atoms with Crippen LogP contribution in [0.25, 0.3) is 0 Å². The number of carbonyl (C=O) groups excluding carboxylic acids is 3. The lowest BCUT2D eigenvalue weighted by Crippen LogP contribution is -2.53. The monoisotopic (exact) mass is 462 g/mol. The van der Waals surface area contributed by atoms with Crippen LogP contribution in [0.15, 0.2) is 29.2 Å². The average molecular weight is 463 g/mol. The van der Waals surface area contributed by atoms with Crippen LogP contribution in [0.2, 0.25) is 0 Å². The third-order valence-electron chi connectivity index (χ3n) is 4.58. The van der Waals surface area contributed by atoms with Crippen molar-refractivity contribution in [3.8, 4) is 11.8 Å². The number of hydrogen-bond acceptors (Lipinski definition) is 8. The van der Waals surface area contributed by atoms with Gasteiger partial charge in [0.25, 0.3) is 0 Å². The summed E-state index contributed by atoms with van der Waals surface area (Å²) in [6, 6.07) is 7.76. The SMILES string of the molecule is CCCCC#Cc1ccccc1SC1C[C@@H](OC(C)=O)[C@H](OC(C)=O)[C@@H](COC(C)=O)O1. The van der Waals surface area contributed by atoms with Gasteiger partial charge in [-0.15, -0.1) is 0 Å². The standard InChI is InChI=1S/C24H30O7S/c1-5-6-7-8-11-19-12-9-10-13-22(19)32-23-14-20(29-17(3)26)24(30-18(4)27)21(31-23)15-28-16(2)25/h9-10,12-13,20-21,23-24H,5-7,14-15H2,1-4H3/t20-,21-,23?,24+/m1/s1. The maximum atomic E-state index is 11.7. The molecule has 1 aliphatic heterocycles. The lowest BCUT2D eigenvalue weighted by atomic mass is 10.0. The lowest BCUT2D eigenvalue weighted by Gasteiger charge is -2.40. The van der Waals surface area contributed by atoms with E-state index in [2.05, 4.69) is 18.8 Å². The molecular formula is C24H30O7S.